The summed E-state index contributed by atoms with van der Waals surface area (Å²) in [5.41, 5.74) is 1.83. The third-order valence-corrected chi connectivity index (χ3v) is 5.16. The molecule has 0 aliphatic rings. The van der Waals surface area contributed by atoms with Gasteiger partial charge >= 0.3 is 0 Å². The first-order chi connectivity index (χ1) is 12.0. The number of nitrogens with zero attached hydrogens (tertiary/aromatic N) is 2. The summed E-state index contributed by atoms with van der Waals surface area (Å²) in [5, 5.41) is 8.11. The van der Waals surface area contributed by atoms with E-state index in [2.05, 4.69) is 49.1 Å². The minimum absolute atomic E-state index is 0. The Morgan fingerprint density at radius 3 is 2.77 bits per heavy atom. The maximum Gasteiger partial charge on any atom is 0.243 e. The minimum Gasteiger partial charge on any atom is -0.347 e. The highest BCUT2D eigenvalue weighted by atomic mass is 127. The molecule has 0 spiro atoms. The van der Waals surface area contributed by atoms with Crippen LogP contribution >= 0.6 is 51.2 Å². The van der Waals surface area contributed by atoms with E-state index in [0.29, 0.717) is 5.96 Å². The summed E-state index contributed by atoms with van der Waals surface area (Å²) in [6, 6.07) is 10.00. The predicted molar refractivity (Wildman–Crippen MR) is 125 cm³/mol. The molecule has 0 saturated carbocycles. The number of guanidine groups is 1. The molecule has 0 bridgehead atoms. The number of hydrogen-bond donors (Lipinski definition) is 2. The topological polar surface area (TPSA) is 56.7 Å². The smallest absolute Gasteiger partial charge is 0.243 e. The van der Waals surface area contributed by atoms with Crippen molar-refractivity contribution in [2.45, 2.75) is 13.3 Å². The Balaban J connectivity index is 0.00000338. The molecule has 0 aliphatic heterocycles. The number of aliphatic imine (C=N–C) groups is 1. The van der Waals surface area contributed by atoms with Gasteiger partial charge in [-0.3, -0.25) is 9.79 Å². The Kier molecular flexibility index (Phi) is 10.2. The molecule has 5 nitrogen and oxygen atoms in total. The van der Waals surface area contributed by atoms with Crippen molar-refractivity contribution >= 4 is 68.8 Å². The number of amides is 1. The number of carbonyl (C=O) groups is 1. The molecular formula is C18H24BrIN4OS. The second-order valence-electron chi connectivity index (χ2n) is 5.66. The van der Waals surface area contributed by atoms with Crippen molar-refractivity contribution in [3.05, 3.63) is 50.6 Å². The van der Waals surface area contributed by atoms with E-state index in [4.69, 9.17) is 0 Å². The Morgan fingerprint density at radius 1 is 1.35 bits per heavy atom. The zero-order valence-electron chi connectivity index (χ0n) is 15.1. The van der Waals surface area contributed by atoms with Gasteiger partial charge in [0.15, 0.2) is 5.96 Å². The normalized spacial score (nSPS) is 10.8. The van der Waals surface area contributed by atoms with Gasteiger partial charge in [0, 0.05) is 35.7 Å². The van der Waals surface area contributed by atoms with Crippen molar-refractivity contribution in [2.24, 2.45) is 4.99 Å². The summed E-state index contributed by atoms with van der Waals surface area (Å²) in [5.74, 6) is 0.603. The Bertz CT molecular complexity index is 737. The van der Waals surface area contributed by atoms with Gasteiger partial charge in [-0.15, -0.1) is 35.3 Å². The van der Waals surface area contributed by atoms with Crippen LogP contribution in [0.25, 0.3) is 0 Å². The lowest BCUT2D eigenvalue weighted by Gasteiger charge is -2.21. The predicted octanol–water partition coefficient (Wildman–Crippen LogP) is 4.13. The molecule has 0 radical (unpaired) electrons. The molecule has 0 atom stereocenters. The standard InChI is InChI=1S/C18H23BrN4OS.HI/c1-13-6-7-14(19)11-16(13)22-17(24)12-21-18(20-2)23(3)9-8-15-5-4-10-25-15;/h4-7,10-11H,8-9,12H2,1-3H3,(H,20,21)(H,22,24);1H. The zero-order valence-corrected chi connectivity index (χ0v) is 19.8. The Labute approximate surface area is 184 Å². The molecule has 1 heterocycles. The average molecular weight is 551 g/mol. The summed E-state index contributed by atoms with van der Waals surface area (Å²) in [6.45, 7) is 2.97. The number of hydrogen-bond acceptors (Lipinski definition) is 3. The van der Waals surface area contributed by atoms with Crippen LogP contribution in [0.15, 0.2) is 45.2 Å². The fraction of sp³-hybridized carbons (Fsp3) is 0.333. The van der Waals surface area contributed by atoms with Crippen LogP contribution in [0.5, 0.6) is 0 Å². The van der Waals surface area contributed by atoms with Crippen LogP contribution in [0.1, 0.15) is 10.4 Å². The lowest BCUT2D eigenvalue weighted by Crippen LogP contribution is -2.43. The van der Waals surface area contributed by atoms with Gasteiger partial charge in [0.1, 0.15) is 0 Å². The van der Waals surface area contributed by atoms with Crippen LogP contribution < -0.4 is 10.6 Å². The van der Waals surface area contributed by atoms with Crippen molar-refractivity contribution in [1.29, 1.82) is 0 Å². The van der Waals surface area contributed by atoms with Crippen molar-refractivity contribution in [3.8, 4) is 0 Å². The lowest BCUT2D eigenvalue weighted by molar-refractivity contribution is -0.115. The van der Waals surface area contributed by atoms with E-state index in [0.717, 1.165) is 28.7 Å². The third-order valence-electron chi connectivity index (χ3n) is 3.73. The molecule has 2 rings (SSSR count). The summed E-state index contributed by atoms with van der Waals surface area (Å²) in [4.78, 5) is 19.8. The zero-order chi connectivity index (χ0) is 18.2. The number of carbonyl (C=O) groups excluding carboxylic acids is 1. The largest absolute Gasteiger partial charge is 0.347 e. The molecule has 8 heteroatoms. The van der Waals surface area contributed by atoms with E-state index in [1.807, 2.05) is 37.1 Å². The molecule has 0 fully saturated rings. The molecule has 2 aromatic rings. The second-order valence-corrected chi connectivity index (χ2v) is 7.61. The van der Waals surface area contributed by atoms with Crippen molar-refractivity contribution in [1.82, 2.24) is 10.2 Å². The fourth-order valence-electron chi connectivity index (χ4n) is 2.31. The van der Waals surface area contributed by atoms with Gasteiger partial charge in [-0.1, -0.05) is 28.1 Å². The van der Waals surface area contributed by atoms with Gasteiger partial charge < -0.3 is 15.5 Å². The molecule has 26 heavy (non-hydrogen) atoms. The maximum atomic E-state index is 12.2. The highest BCUT2D eigenvalue weighted by Gasteiger charge is 2.10. The number of anilines is 1. The van der Waals surface area contributed by atoms with Crippen LogP contribution in [0.2, 0.25) is 0 Å². The van der Waals surface area contributed by atoms with Gasteiger partial charge in [-0.2, -0.15) is 0 Å². The second kappa shape index (κ2) is 11.6. The molecule has 1 amide bonds. The monoisotopic (exact) mass is 550 g/mol. The maximum absolute atomic E-state index is 12.2. The Hall–Kier alpha value is -1.13. The van der Waals surface area contributed by atoms with Gasteiger partial charge in [0.05, 0.1) is 6.54 Å². The van der Waals surface area contributed by atoms with Gasteiger partial charge in [-0.05, 0) is 42.5 Å². The summed E-state index contributed by atoms with van der Waals surface area (Å²) in [7, 11) is 3.69. The number of nitrogens with one attached hydrogen (secondary N) is 2. The summed E-state index contributed by atoms with van der Waals surface area (Å²) >= 11 is 5.17. The average Bonchev–Trinajstić information content (AvgIpc) is 3.10. The van der Waals surface area contributed by atoms with E-state index in [1.165, 1.54) is 4.88 Å². The highest BCUT2D eigenvalue weighted by Crippen LogP contribution is 2.20. The van der Waals surface area contributed by atoms with Crippen molar-refractivity contribution in [3.63, 3.8) is 0 Å². The van der Waals surface area contributed by atoms with Gasteiger partial charge in [0.2, 0.25) is 5.91 Å². The fourth-order valence-corrected chi connectivity index (χ4v) is 3.37. The number of thiophene rings is 1. The van der Waals surface area contributed by atoms with Crippen LogP contribution in [-0.2, 0) is 11.2 Å². The van der Waals surface area contributed by atoms with Crippen LogP contribution in [0, 0.1) is 6.92 Å². The minimum atomic E-state index is -0.103. The molecular weight excluding hydrogens is 527 g/mol. The molecule has 1 aromatic carbocycles. The Morgan fingerprint density at radius 2 is 2.12 bits per heavy atom. The van der Waals surface area contributed by atoms with Crippen molar-refractivity contribution in [2.75, 3.05) is 32.5 Å². The highest BCUT2D eigenvalue weighted by molar-refractivity contribution is 14.0. The van der Waals surface area contributed by atoms with E-state index in [-0.39, 0.29) is 36.4 Å². The number of aryl methyl sites for hydroxylation is 1. The third kappa shape index (κ3) is 7.24. The number of benzene rings is 1. The number of halogens is 2. The van der Waals surface area contributed by atoms with E-state index < -0.39 is 0 Å². The number of likely N-dealkylation sites (N-methyl/N-ethyl adjacent to an activating group) is 1. The van der Waals surface area contributed by atoms with Crippen LogP contribution in [0.3, 0.4) is 0 Å². The quantitative estimate of drug-likeness (QED) is 0.323. The molecule has 2 N–H and O–H groups in total. The van der Waals surface area contributed by atoms with Crippen LogP contribution in [-0.4, -0.2) is 44.0 Å². The molecule has 0 saturated heterocycles. The van der Waals surface area contributed by atoms with Gasteiger partial charge in [0.25, 0.3) is 0 Å². The van der Waals surface area contributed by atoms with Crippen molar-refractivity contribution < 1.29 is 4.79 Å². The van der Waals surface area contributed by atoms with E-state index >= 15 is 0 Å². The van der Waals surface area contributed by atoms with E-state index in [9.17, 15) is 4.79 Å². The summed E-state index contributed by atoms with van der Waals surface area (Å²) < 4.78 is 0.936. The van der Waals surface area contributed by atoms with Crippen LogP contribution in [0.4, 0.5) is 5.69 Å². The molecule has 1 aromatic heterocycles. The first-order valence-corrected chi connectivity index (χ1v) is 9.67. The molecule has 142 valence electrons. The first kappa shape index (κ1) is 22.9. The lowest BCUT2D eigenvalue weighted by atomic mass is 10.2. The first-order valence-electron chi connectivity index (χ1n) is 7.99. The van der Waals surface area contributed by atoms with Gasteiger partial charge in [-0.25, -0.2) is 0 Å². The molecule has 0 unspecified atom stereocenters. The SMILES string of the molecule is CN=C(NCC(=O)Nc1cc(Br)ccc1C)N(C)CCc1cccs1.I. The molecule has 0 aliphatic carbocycles. The number of rotatable bonds is 6. The summed E-state index contributed by atoms with van der Waals surface area (Å²) in [6.07, 6.45) is 0.957. The van der Waals surface area contributed by atoms with E-state index in [1.54, 1.807) is 18.4 Å².